The minimum absolute atomic E-state index is 0.0713. The summed E-state index contributed by atoms with van der Waals surface area (Å²) in [6.07, 6.45) is 4.37. The lowest BCUT2D eigenvalue weighted by Gasteiger charge is -2.04. The summed E-state index contributed by atoms with van der Waals surface area (Å²) in [6, 6.07) is 5.88. The Morgan fingerprint density at radius 2 is 2.04 bits per heavy atom. The summed E-state index contributed by atoms with van der Waals surface area (Å²) in [4.78, 5) is 22.0. The first-order chi connectivity index (χ1) is 12.6. The summed E-state index contributed by atoms with van der Waals surface area (Å²) in [5.74, 6) is 0.981. The number of hydrogen-bond donors (Lipinski definition) is 3. The SMILES string of the molecule is COc1cc(OC)c2cc(CCCNc3cnc(C(=O)O)cn3)[nH]c2c1. The third kappa shape index (κ3) is 3.85. The number of aromatic carboxylic acids is 1. The quantitative estimate of drug-likeness (QED) is 0.532. The van der Waals surface area contributed by atoms with E-state index in [9.17, 15) is 4.79 Å². The van der Waals surface area contributed by atoms with E-state index in [1.807, 2.05) is 12.1 Å². The van der Waals surface area contributed by atoms with Gasteiger partial charge in [-0.1, -0.05) is 0 Å². The summed E-state index contributed by atoms with van der Waals surface area (Å²) in [6.45, 7) is 0.691. The zero-order valence-electron chi connectivity index (χ0n) is 14.6. The van der Waals surface area contributed by atoms with Crippen LogP contribution in [0.1, 0.15) is 22.6 Å². The molecule has 0 saturated carbocycles. The van der Waals surface area contributed by atoms with Gasteiger partial charge < -0.3 is 24.9 Å². The van der Waals surface area contributed by atoms with Crippen LogP contribution in [0.3, 0.4) is 0 Å². The third-order valence-corrected chi connectivity index (χ3v) is 3.98. The van der Waals surface area contributed by atoms with E-state index in [0.29, 0.717) is 12.4 Å². The first-order valence-electron chi connectivity index (χ1n) is 8.13. The van der Waals surface area contributed by atoms with Gasteiger partial charge in [0.1, 0.15) is 17.3 Å². The smallest absolute Gasteiger partial charge is 0.356 e. The zero-order valence-corrected chi connectivity index (χ0v) is 14.6. The number of aryl methyl sites for hydroxylation is 1. The molecule has 0 aliphatic carbocycles. The molecule has 0 radical (unpaired) electrons. The fraction of sp³-hybridized carbons (Fsp3) is 0.278. The molecule has 2 heterocycles. The number of nitrogens with zero attached hydrogens (tertiary/aromatic N) is 2. The van der Waals surface area contributed by atoms with Crippen molar-refractivity contribution in [3.05, 3.63) is 42.0 Å². The highest BCUT2D eigenvalue weighted by molar-refractivity contribution is 5.88. The maximum absolute atomic E-state index is 10.7. The van der Waals surface area contributed by atoms with Crippen LogP contribution in [0.15, 0.2) is 30.6 Å². The average molecular weight is 356 g/mol. The van der Waals surface area contributed by atoms with E-state index < -0.39 is 5.97 Å². The maximum atomic E-state index is 10.7. The second-order valence-electron chi connectivity index (χ2n) is 5.71. The number of methoxy groups -OCH3 is 2. The number of carboxylic acids is 1. The van der Waals surface area contributed by atoms with Crippen LogP contribution in [0.5, 0.6) is 11.5 Å². The van der Waals surface area contributed by atoms with E-state index in [1.54, 1.807) is 14.2 Å². The molecule has 8 nitrogen and oxygen atoms in total. The van der Waals surface area contributed by atoms with Gasteiger partial charge in [-0.25, -0.2) is 14.8 Å². The predicted molar refractivity (Wildman–Crippen MR) is 97.2 cm³/mol. The molecule has 0 aliphatic rings. The van der Waals surface area contributed by atoms with Gasteiger partial charge in [0.05, 0.1) is 32.1 Å². The van der Waals surface area contributed by atoms with Crippen molar-refractivity contribution in [2.75, 3.05) is 26.1 Å². The Hall–Kier alpha value is -3.29. The number of aromatic amines is 1. The Bertz CT molecular complexity index is 905. The van der Waals surface area contributed by atoms with Crippen LogP contribution in [0.25, 0.3) is 10.9 Å². The topological polar surface area (TPSA) is 109 Å². The molecule has 0 bridgehead atoms. The maximum Gasteiger partial charge on any atom is 0.356 e. The fourth-order valence-electron chi connectivity index (χ4n) is 2.68. The lowest BCUT2D eigenvalue weighted by molar-refractivity contribution is 0.0690. The highest BCUT2D eigenvalue weighted by atomic mass is 16.5. The highest BCUT2D eigenvalue weighted by Crippen LogP contribution is 2.31. The molecule has 3 rings (SSSR count). The predicted octanol–water partition coefficient (Wildman–Crippen LogP) is 2.72. The largest absolute Gasteiger partial charge is 0.497 e. The van der Waals surface area contributed by atoms with Crippen LogP contribution in [-0.4, -0.2) is 46.8 Å². The minimum Gasteiger partial charge on any atom is -0.497 e. The summed E-state index contributed by atoms with van der Waals surface area (Å²) in [5.41, 5.74) is 2.00. The van der Waals surface area contributed by atoms with Gasteiger partial charge >= 0.3 is 5.97 Å². The molecule has 0 spiro atoms. The third-order valence-electron chi connectivity index (χ3n) is 3.98. The number of rotatable bonds is 8. The molecular formula is C18H20N4O4. The molecule has 8 heteroatoms. The molecule has 0 aliphatic heterocycles. The van der Waals surface area contributed by atoms with Crippen molar-refractivity contribution in [3.63, 3.8) is 0 Å². The van der Waals surface area contributed by atoms with Crippen molar-refractivity contribution in [1.82, 2.24) is 15.0 Å². The minimum atomic E-state index is -1.09. The number of hydrogen-bond acceptors (Lipinski definition) is 6. The highest BCUT2D eigenvalue weighted by Gasteiger charge is 2.09. The van der Waals surface area contributed by atoms with Crippen molar-refractivity contribution in [1.29, 1.82) is 0 Å². The van der Waals surface area contributed by atoms with Gasteiger partial charge in [-0.2, -0.15) is 0 Å². The van der Waals surface area contributed by atoms with E-state index >= 15 is 0 Å². The van der Waals surface area contributed by atoms with Crippen molar-refractivity contribution in [2.24, 2.45) is 0 Å². The summed E-state index contributed by atoms with van der Waals surface area (Å²) in [7, 11) is 3.27. The first kappa shape index (κ1) is 17.5. The molecule has 3 aromatic rings. The Labute approximate surface area is 150 Å². The van der Waals surface area contributed by atoms with Gasteiger partial charge in [0.15, 0.2) is 5.69 Å². The molecule has 0 unspecified atom stereocenters. The molecule has 3 N–H and O–H groups in total. The number of anilines is 1. The van der Waals surface area contributed by atoms with Gasteiger partial charge in [0.2, 0.25) is 0 Å². The van der Waals surface area contributed by atoms with Crippen LogP contribution in [0, 0.1) is 0 Å². The number of aromatic nitrogens is 3. The summed E-state index contributed by atoms with van der Waals surface area (Å²) >= 11 is 0. The number of carboxylic acid groups (broad SMARTS) is 1. The van der Waals surface area contributed by atoms with Gasteiger partial charge in [-0.15, -0.1) is 0 Å². The van der Waals surface area contributed by atoms with E-state index in [0.717, 1.165) is 40.9 Å². The molecule has 0 amide bonds. The van der Waals surface area contributed by atoms with Crippen molar-refractivity contribution >= 4 is 22.7 Å². The molecule has 0 atom stereocenters. The Morgan fingerprint density at radius 1 is 1.19 bits per heavy atom. The molecule has 2 aromatic heterocycles. The molecule has 0 saturated heterocycles. The van der Waals surface area contributed by atoms with E-state index in [2.05, 4.69) is 26.3 Å². The normalized spacial score (nSPS) is 10.7. The van der Waals surface area contributed by atoms with Crippen LogP contribution in [0.4, 0.5) is 5.82 Å². The number of benzene rings is 1. The Balaban J connectivity index is 1.58. The average Bonchev–Trinajstić information content (AvgIpc) is 3.07. The van der Waals surface area contributed by atoms with E-state index in [-0.39, 0.29) is 5.69 Å². The van der Waals surface area contributed by atoms with Gasteiger partial charge in [-0.05, 0) is 18.9 Å². The van der Waals surface area contributed by atoms with Crippen LogP contribution >= 0.6 is 0 Å². The Kier molecular flexibility index (Phi) is 5.21. The number of carbonyl (C=O) groups is 1. The summed E-state index contributed by atoms with van der Waals surface area (Å²) in [5, 5.41) is 13.0. The standard InChI is InChI=1S/C18H20N4O4/c1-25-12-7-14-13(16(8-12)26-2)6-11(22-14)4-3-5-19-17-10-20-15(9-21-17)18(23)24/h6-10,22H,3-5H2,1-2H3,(H,19,21)(H,23,24). The molecular weight excluding hydrogens is 336 g/mol. The monoisotopic (exact) mass is 356 g/mol. The number of fused-ring (bicyclic) bond motifs is 1. The van der Waals surface area contributed by atoms with Crippen molar-refractivity contribution in [2.45, 2.75) is 12.8 Å². The van der Waals surface area contributed by atoms with Gasteiger partial charge in [0.25, 0.3) is 0 Å². The second-order valence-corrected chi connectivity index (χ2v) is 5.71. The second kappa shape index (κ2) is 7.73. The van der Waals surface area contributed by atoms with E-state index in [1.165, 1.54) is 12.4 Å². The van der Waals surface area contributed by atoms with Gasteiger partial charge in [0, 0.05) is 29.8 Å². The number of ether oxygens (including phenoxy) is 2. The lowest BCUT2D eigenvalue weighted by atomic mass is 10.2. The molecule has 1 aromatic carbocycles. The number of H-pyrrole nitrogens is 1. The van der Waals surface area contributed by atoms with Crippen LogP contribution in [-0.2, 0) is 6.42 Å². The summed E-state index contributed by atoms with van der Waals surface area (Å²) < 4.78 is 10.7. The van der Waals surface area contributed by atoms with Crippen LogP contribution in [0.2, 0.25) is 0 Å². The number of nitrogens with one attached hydrogen (secondary N) is 2. The molecule has 26 heavy (non-hydrogen) atoms. The van der Waals surface area contributed by atoms with Gasteiger partial charge in [-0.3, -0.25) is 0 Å². The first-order valence-corrected chi connectivity index (χ1v) is 8.13. The zero-order chi connectivity index (χ0) is 18.5. The Morgan fingerprint density at radius 3 is 2.69 bits per heavy atom. The van der Waals surface area contributed by atoms with Crippen molar-refractivity contribution in [3.8, 4) is 11.5 Å². The molecule has 0 fully saturated rings. The van der Waals surface area contributed by atoms with Crippen LogP contribution < -0.4 is 14.8 Å². The van der Waals surface area contributed by atoms with E-state index in [4.69, 9.17) is 14.6 Å². The van der Waals surface area contributed by atoms with Crippen molar-refractivity contribution < 1.29 is 19.4 Å². The molecule has 136 valence electrons. The lowest BCUT2D eigenvalue weighted by Crippen LogP contribution is -2.07. The fourth-order valence-corrected chi connectivity index (χ4v) is 2.68.